The topological polar surface area (TPSA) is 90.9 Å². The predicted molar refractivity (Wildman–Crippen MR) is 109 cm³/mol. The number of rotatable bonds is 7. The number of carbonyl (C=O) groups excluding carboxylic acids is 1. The van der Waals surface area contributed by atoms with Gasteiger partial charge in [-0.2, -0.15) is 0 Å². The van der Waals surface area contributed by atoms with Gasteiger partial charge >= 0.3 is 0 Å². The number of nitrogens with one attached hydrogen (secondary N) is 1. The molecule has 0 saturated carbocycles. The van der Waals surface area contributed by atoms with E-state index in [9.17, 15) is 13.2 Å². The Hall–Kier alpha value is -2.65. The van der Waals surface area contributed by atoms with E-state index in [1.807, 2.05) is 0 Å². The first-order valence-corrected chi connectivity index (χ1v) is 10.7. The van der Waals surface area contributed by atoms with Gasteiger partial charge in [0.1, 0.15) is 0 Å². The van der Waals surface area contributed by atoms with E-state index in [1.165, 1.54) is 33.1 Å². The summed E-state index contributed by atoms with van der Waals surface area (Å²) in [6, 6.07) is 8.12. The molecule has 0 unspecified atom stereocenters. The summed E-state index contributed by atoms with van der Waals surface area (Å²) in [5, 5.41) is 0. The van der Waals surface area contributed by atoms with E-state index >= 15 is 0 Å². The van der Waals surface area contributed by atoms with E-state index in [2.05, 4.69) is 4.72 Å². The van der Waals surface area contributed by atoms with Crippen LogP contribution in [0.3, 0.4) is 0 Å². The van der Waals surface area contributed by atoms with Crippen LogP contribution in [-0.2, 0) is 10.0 Å². The number of ether oxygens (including phenoxy) is 3. The molecule has 2 aromatic rings. The Kier molecular flexibility index (Phi) is 5.85. The molecule has 2 aromatic carbocycles. The molecule has 9 heteroatoms. The number of sulfonamides is 1. The summed E-state index contributed by atoms with van der Waals surface area (Å²) in [7, 11) is 0.685. The molecule has 1 aliphatic rings. The molecular formula is C19H19NO6S2. The maximum absolute atomic E-state index is 12.9. The van der Waals surface area contributed by atoms with Crippen molar-refractivity contribution in [1.82, 2.24) is 0 Å². The molecule has 0 aliphatic carbocycles. The normalized spacial score (nSPS) is 13.2. The number of methoxy groups -OCH3 is 3. The van der Waals surface area contributed by atoms with E-state index in [-0.39, 0.29) is 21.9 Å². The molecule has 1 aliphatic heterocycles. The summed E-state index contributed by atoms with van der Waals surface area (Å²) in [6.07, 6.45) is 2.18. The van der Waals surface area contributed by atoms with Crippen LogP contribution in [0, 0.1) is 0 Å². The number of hydrogen-bond donors (Lipinski definition) is 1. The minimum Gasteiger partial charge on any atom is -0.493 e. The van der Waals surface area contributed by atoms with E-state index in [1.54, 1.807) is 36.4 Å². The van der Waals surface area contributed by atoms with E-state index in [0.29, 0.717) is 29.1 Å². The maximum atomic E-state index is 12.9. The molecule has 0 radical (unpaired) electrons. The average molecular weight is 421 g/mol. The number of aldehydes is 1. The fourth-order valence-corrected chi connectivity index (χ4v) is 5.47. The lowest BCUT2D eigenvalue weighted by molar-refractivity contribution is 0.112. The number of hydrogen-bond acceptors (Lipinski definition) is 7. The van der Waals surface area contributed by atoms with Crippen LogP contribution < -0.4 is 18.9 Å². The number of fused-ring (bicyclic) bond motifs is 1. The molecule has 0 atom stereocenters. The quantitative estimate of drug-likeness (QED) is 0.685. The first-order valence-electron chi connectivity index (χ1n) is 8.18. The summed E-state index contributed by atoms with van der Waals surface area (Å²) in [6.45, 7) is 0. The monoisotopic (exact) mass is 421 g/mol. The van der Waals surface area contributed by atoms with Crippen LogP contribution in [0.4, 0.5) is 5.69 Å². The van der Waals surface area contributed by atoms with Gasteiger partial charge in [-0.25, -0.2) is 8.42 Å². The third-order valence-corrected chi connectivity index (χ3v) is 6.95. The second kappa shape index (κ2) is 8.15. The van der Waals surface area contributed by atoms with Crippen molar-refractivity contribution in [1.29, 1.82) is 0 Å². The largest absolute Gasteiger partial charge is 0.493 e. The Balaban J connectivity index is 2.04. The van der Waals surface area contributed by atoms with Gasteiger partial charge in [0.25, 0.3) is 10.0 Å². The molecule has 0 bridgehead atoms. The third kappa shape index (κ3) is 3.67. The molecule has 0 saturated heterocycles. The van der Waals surface area contributed by atoms with Gasteiger partial charge in [-0.05, 0) is 29.8 Å². The van der Waals surface area contributed by atoms with Crippen LogP contribution in [0.2, 0.25) is 0 Å². The van der Waals surface area contributed by atoms with Crippen LogP contribution >= 0.6 is 11.8 Å². The van der Waals surface area contributed by atoms with Crippen LogP contribution in [-0.4, -0.2) is 41.8 Å². The van der Waals surface area contributed by atoms with Gasteiger partial charge < -0.3 is 14.2 Å². The molecule has 1 heterocycles. The van der Waals surface area contributed by atoms with E-state index < -0.39 is 10.0 Å². The molecule has 7 nitrogen and oxygen atoms in total. The van der Waals surface area contributed by atoms with Crippen molar-refractivity contribution in [2.45, 2.75) is 4.90 Å². The van der Waals surface area contributed by atoms with Gasteiger partial charge in [-0.15, -0.1) is 11.8 Å². The lowest BCUT2D eigenvalue weighted by atomic mass is 10.1. The first-order chi connectivity index (χ1) is 13.4. The summed E-state index contributed by atoms with van der Waals surface area (Å²) in [4.78, 5) is 12.1. The van der Waals surface area contributed by atoms with Crippen LogP contribution in [0.5, 0.6) is 17.2 Å². The summed E-state index contributed by atoms with van der Waals surface area (Å²) >= 11 is 1.33. The highest BCUT2D eigenvalue weighted by Gasteiger charge is 2.28. The van der Waals surface area contributed by atoms with Crippen LogP contribution in [0.25, 0.3) is 6.08 Å². The Morgan fingerprint density at radius 1 is 1.07 bits per heavy atom. The van der Waals surface area contributed by atoms with E-state index in [0.717, 1.165) is 4.90 Å². The highest BCUT2D eigenvalue weighted by atomic mass is 32.2. The zero-order valence-electron chi connectivity index (χ0n) is 15.5. The predicted octanol–water partition coefficient (Wildman–Crippen LogP) is 3.41. The first kappa shape index (κ1) is 20.1. The number of para-hydroxylation sites is 1. The van der Waals surface area contributed by atoms with Crippen LogP contribution in [0.15, 0.2) is 40.1 Å². The Morgan fingerprint density at radius 2 is 1.79 bits per heavy atom. The Labute approximate surface area is 167 Å². The number of anilines is 1. The van der Waals surface area contributed by atoms with Crippen molar-refractivity contribution >= 4 is 39.8 Å². The summed E-state index contributed by atoms with van der Waals surface area (Å²) in [5.41, 5.74) is 1.15. The van der Waals surface area contributed by atoms with Crippen molar-refractivity contribution in [3.05, 3.63) is 46.4 Å². The zero-order valence-corrected chi connectivity index (χ0v) is 17.1. The Morgan fingerprint density at radius 3 is 2.43 bits per heavy atom. The van der Waals surface area contributed by atoms with Gasteiger partial charge in [-0.1, -0.05) is 12.1 Å². The molecule has 0 spiro atoms. The highest BCUT2D eigenvalue weighted by molar-refractivity contribution is 8.02. The lowest BCUT2D eigenvalue weighted by Crippen LogP contribution is -2.18. The molecule has 0 fully saturated rings. The summed E-state index contributed by atoms with van der Waals surface area (Å²) in [5.74, 6) is 1.59. The molecular weight excluding hydrogens is 402 g/mol. The average Bonchev–Trinajstić information content (AvgIpc) is 2.71. The smallest absolute Gasteiger partial charge is 0.258 e. The molecule has 3 rings (SSSR count). The SMILES string of the molecule is COc1cc2c(c(OC)c1OC)SCC(S(=O)(=O)Nc1ccccc1C=O)=C2. The van der Waals surface area contributed by atoms with Crippen molar-refractivity contribution in [2.24, 2.45) is 0 Å². The second-order valence-corrected chi connectivity index (χ2v) is 8.49. The molecule has 28 heavy (non-hydrogen) atoms. The molecule has 0 aromatic heterocycles. The number of benzene rings is 2. The van der Waals surface area contributed by atoms with Crippen molar-refractivity contribution in [2.75, 3.05) is 31.8 Å². The van der Waals surface area contributed by atoms with Gasteiger partial charge in [0, 0.05) is 11.3 Å². The zero-order chi connectivity index (χ0) is 20.3. The van der Waals surface area contributed by atoms with Gasteiger partial charge in [0.05, 0.1) is 36.8 Å². The minimum atomic E-state index is -3.85. The van der Waals surface area contributed by atoms with Crippen LogP contribution in [0.1, 0.15) is 15.9 Å². The van der Waals surface area contributed by atoms with E-state index in [4.69, 9.17) is 14.2 Å². The highest BCUT2D eigenvalue weighted by Crippen LogP contribution is 2.49. The van der Waals surface area contributed by atoms with Gasteiger partial charge in [-0.3, -0.25) is 9.52 Å². The number of carbonyl (C=O) groups is 1. The molecule has 0 amide bonds. The fraction of sp³-hybridized carbons (Fsp3) is 0.211. The summed E-state index contributed by atoms with van der Waals surface area (Å²) < 4.78 is 44.4. The number of thioether (sulfide) groups is 1. The Bertz CT molecular complexity index is 1050. The van der Waals surface area contributed by atoms with Crippen molar-refractivity contribution in [3.8, 4) is 17.2 Å². The lowest BCUT2D eigenvalue weighted by Gasteiger charge is -2.22. The fourth-order valence-electron chi connectivity index (χ4n) is 2.82. The molecule has 148 valence electrons. The van der Waals surface area contributed by atoms with Crippen molar-refractivity contribution in [3.63, 3.8) is 0 Å². The third-order valence-electron chi connectivity index (χ3n) is 4.17. The second-order valence-electron chi connectivity index (χ2n) is 5.77. The van der Waals surface area contributed by atoms with Crippen molar-refractivity contribution < 1.29 is 27.4 Å². The standard InChI is InChI=1S/C19H19NO6S2/c1-24-16-9-13-8-14(11-27-19(13)18(26-3)17(16)25-2)28(22,23)20-15-7-5-4-6-12(15)10-21/h4-10,20H,11H2,1-3H3. The maximum Gasteiger partial charge on any atom is 0.258 e. The van der Waals surface area contributed by atoms with Gasteiger partial charge in [0.15, 0.2) is 17.8 Å². The van der Waals surface area contributed by atoms with Gasteiger partial charge in [0.2, 0.25) is 5.75 Å². The molecule has 1 N–H and O–H groups in total. The minimum absolute atomic E-state index is 0.181.